The normalized spacial score (nSPS) is 11.8. The number of benzene rings is 2. The summed E-state index contributed by atoms with van der Waals surface area (Å²) in [5.74, 6) is -3.90. The van der Waals surface area contributed by atoms with E-state index in [1.165, 1.54) is 204 Å². The summed E-state index contributed by atoms with van der Waals surface area (Å²) in [6.45, 7) is 8.64. The fourth-order valence-corrected chi connectivity index (χ4v) is 11.4. The van der Waals surface area contributed by atoms with E-state index < -0.39 is 65.0 Å². The molecule has 2 aromatic carbocycles. The molecule has 0 N–H and O–H groups in total. The Morgan fingerprint density at radius 2 is 0.517 bits per heavy atom. The molecule has 89 heavy (non-hydrogen) atoms. The quantitative estimate of drug-likeness (QED) is 0.0150. The summed E-state index contributed by atoms with van der Waals surface area (Å²) in [6, 6.07) is 7.01. The molecule has 0 atom stereocenters. The summed E-state index contributed by atoms with van der Waals surface area (Å²) < 4.78 is 92.1. The first-order valence-corrected chi connectivity index (χ1v) is 36.9. The maximum Gasteiger partial charge on any atom is 2.00 e. The van der Waals surface area contributed by atoms with Gasteiger partial charge in [0.1, 0.15) is 46.7 Å². The maximum atomic E-state index is 12.8. The Labute approximate surface area is 569 Å². The van der Waals surface area contributed by atoms with E-state index in [-0.39, 0.29) is 75.3 Å². The summed E-state index contributed by atoms with van der Waals surface area (Å²) in [5, 5.41) is 0. The molecule has 0 radical (unpaired) electrons. The van der Waals surface area contributed by atoms with Gasteiger partial charge in [0.25, 0.3) is 0 Å². The zero-order valence-electron chi connectivity index (χ0n) is 55.4. The SMILES string of the molecule is CCCCCCCCCCC/C=C/COC(=O)c1cccc(S(=O)(=O)[O-])c1C(=O)OC/C=C/CCCCCCCCCCC.CCCCCCCCCCC/C=C/COC(=O)c1cccc(S(=O)(=O)[O-])c1C(=O)OC/C=C/CCCCCCCCCCC.[Ca+2]. The van der Waals surface area contributed by atoms with Crippen LogP contribution in [-0.4, -0.2) is 114 Å². The molecule has 14 nitrogen and oxygen atoms in total. The zero-order valence-corrected chi connectivity index (χ0v) is 59.3. The van der Waals surface area contributed by atoms with Crippen LogP contribution in [0.4, 0.5) is 0 Å². The molecule has 0 aromatic heterocycles. The molecule has 0 unspecified atom stereocenters. The number of hydrogen-bond acceptors (Lipinski definition) is 14. The molecular formula is C72H114CaO14S2. The number of hydrogen-bond donors (Lipinski definition) is 0. The van der Waals surface area contributed by atoms with Crippen molar-refractivity contribution in [3.63, 3.8) is 0 Å². The number of carbonyl (C=O) groups excluding carboxylic acids is 4. The first-order chi connectivity index (χ1) is 42.6. The second-order valence-electron chi connectivity index (χ2n) is 23.0. The number of ether oxygens (including phenoxy) is 4. The van der Waals surface area contributed by atoms with Crippen molar-refractivity contribution >= 4 is 81.9 Å². The van der Waals surface area contributed by atoms with Crippen molar-refractivity contribution in [3.8, 4) is 0 Å². The van der Waals surface area contributed by atoms with Crippen LogP contribution in [0.3, 0.4) is 0 Å². The molecule has 0 amide bonds. The Bertz CT molecular complexity index is 2330. The first-order valence-electron chi connectivity index (χ1n) is 34.1. The molecule has 0 fully saturated rings. The predicted octanol–water partition coefficient (Wildman–Crippen LogP) is 19.3. The standard InChI is InChI=1S/2C36H58O7S.Ca/c2*1-3-5-7-9-11-13-15-17-19-21-23-25-30-42-35(37)32-28-27-29-33(44(39,40)41)34(32)36(38)43-31-26-24-22-20-18-16-14-12-10-8-6-4-2;/h2*23-29H,3-22,30-31H2,1-2H3,(H,39,40,41);/q;;+2/p-2/b2*25-23+,26-24+;. The average Bonchev–Trinajstić information content (AvgIpc) is 3.38. The molecule has 2 rings (SSSR count). The van der Waals surface area contributed by atoms with Crippen LogP contribution in [0.2, 0.25) is 0 Å². The summed E-state index contributed by atoms with van der Waals surface area (Å²) >= 11 is 0. The molecule has 0 aliphatic rings. The van der Waals surface area contributed by atoms with Gasteiger partial charge in [-0.3, -0.25) is 0 Å². The molecule has 17 heteroatoms. The summed E-state index contributed by atoms with van der Waals surface area (Å²) in [6.07, 6.45) is 62.8. The minimum absolute atomic E-state index is 0. The third kappa shape index (κ3) is 45.3. The largest absolute Gasteiger partial charge is 2.00 e. The topological polar surface area (TPSA) is 220 Å². The molecule has 0 bridgehead atoms. The van der Waals surface area contributed by atoms with Crippen LogP contribution < -0.4 is 0 Å². The van der Waals surface area contributed by atoms with E-state index in [1.807, 2.05) is 24.3 Å². The van der Waals surface area contributed by atoms with Gasteiger partial charge in [0.15, 0.2) is 0 Å². The second kappa shape index (κ2) is 58.2. The van der Waals surface area contributed by atoms with Crippen molar-refractivity contribution in [3.05, 3.63) is 107 Å². The van der Waals surface area contributed by atoms with Crippen molar-refractivity contribution in [1.82, 2.24) is 0 Å². The van der Waals surface area contributed by atoms with E-state index in [1.54, 1.807) is 24.3 Å². The molecular weight excluding hydrogens is 1190 g/mol. The monoisotopic (exact) mass is 1310 g/mol. The predicted molar refractivity (Wildman–Crippen MR) is 360 cm³/mol. The minimum Gasteiger partial charge on any atom is -0.744 e. The van der Waals surface area contributed by atoms with Crippen molar-refractivity contribution in [2.24, 2.45) is 0 Å². The first kappa shape index (κ1) is 85.4. The van der Waals surface area contributed by atoms with E-state index in [2.05, 4.69) is 27.7 Å². The fourth-order valence-electron chi connectivity index (χ4n) is 10.1. The smallest absolute Gasteiger partial charge is 0.744 e. The second-order valence-corrected chi connectivity index (χ2v) is 25.7. The van der Waals surface area contributed by atoms with Crippen LogP contribution in [-0.2, 0) is 39.2 Å². The average molecular weight is 1310 g/mol. The van der Waals surface area contributed by atoms with Gasteiger partial charge < -0.3 is 28.1 Å². The molecule has 0 saturated heterocycles. The third-order valence-electron chi connectivity index (χ3n) is 15.2. The van der Waals surface area contributed by atoms with Crippen molar-refractivity contribution in [1.29, 1.82) is 0 Å². The van der Waals surface area contributed by atoms with E-state index in [0.717, 1.165) is 89.2 Å². The Morgan fingerprint density at radius 3 is 0.730 bits per heavy atom. The zero-order chi connectivity index (χ0) is 64.6. The Kier molecular flexibility index (Phi) is 55.8. The van der Waals surface area contributed by atoms with Crippen LogP contribution in [0.1, 0.15) is 326 Å². The van der Waals surface area contributed by atoms with Gasteiger partial charge in [-0.1, -0.05) is 294 Å². The van der Waals surface area contributed by atoms with Crippen LogP contribution in [0, 0.1) is 0 Å². The van der Waals surface area contributed by atoms with Crippen LogP contribution in [0.25, 0.3) is 0 Å². The number of allylic oxidation sites excluding steroid dienone is 4. The van der Waals surface area contributed by atoms with Gasteiger partial charge in [-0.15, -0.1) is 0 Å². The molecule has 500 valence electrons. The van der Waals surface area contributed by atoms with Crippen molar-refractivity contribution in [2.45, 2.75) is 294 Å². The van der Waals surface area contributed by atoms with Crippen molar-refractivity contribution < 1.29 is 64.1 Å². The van der Waals surface area contributed by atoms with Crippen LogP contribution in [0.15, 0.2) is 94.8 Å². The number of carbonyl (C=O) groups is 4. The summed E-state index contributed by atoms with van der Waals surface area (Å²) in [5.41, 5.74) is -1.78. The molecule has 2 aromatic rings. The minimum atomic E-state index is -5.03. The van der Waals surface area contributed by atoms with Crippen LogP contribution in [0.5, 0.6) is 0 Å². The van der Waals surface area contributed by atoms with E-state index in [9.17, 15) is 45.1 Å². The van der Waals surface area contributed by atoms with Crippen molar-refractivity contribution in [2.75, 3.05) is 26.4 Å². The summed E-state index contributed by atoms with van der Waals surface area (Å²) in [7, 11) is -10.1. The molecule has 0 aliphatic carbocycles. The third-order valence-corrected chi connectivity index (χ3v) is 17.0. The molecule has 0 spiro atoms. The Balaban J connectivity index is 0.00000172. The Morgan fingerprint density at radius 1 is 0.315 bits per heavy atom. The number of rotatable bonds is 54. The van der Waals surface area contributed by atoms with E-state index >= 15 is 0 Å². The van der Waals surface area contributed by atoms with Gasteiger partial charge in [-0.25, -0.2) is 36.0 Å². The number of esters is 4. The van der Waals surface area contributed by atoms with Gasteiger partial charge in [0.05, 0.1) is 32.0 Å². The fraction of sp³-hybridized carbons (Fsp3) is 0.667. The molecule has 0 aliphatic heterocycles. The van der Waals surface area contributed by atoms with Gasteiger partial charge in [-0.05, 0) is 75.6 Å². The molecule has 0 heterocycles. The van der Waals surface area contributed by atoms with Gasteiger partial charge in [0, 0.05) is 0 Å². The van der Waals surface area contributed by atoms with Gasteiger partial charge >= 0.3 is 61.6 Å². The summed E-state index contributed by atoms with van der Waals surface area (Å²) in [4.78, 5) is 49.6. The Hall–Kier alpha value is -3.64. The van der Waals surface area contributed by atoms with Gasteiger partial charge in [0.2, 0.25) is 0 Å². The van der Waals surface area contributed by atoms with Crippen LogP contribution >= 0.6 is 0 Å². The maximum absolute atomic E-state index is 12.8. The van der Waals surface area contributed by atoms with E-state index in [0.29, 0.717) is 0 Å². The van der Waals surface area contributed by atoms with Gasteiger partial charge in [-0.2, -0.15) is 0 Å². The number of unbranched alkanes of at least 4 members (excludes halogenated alkanes) is 36. The molecule has 0 saturated carbocycles. The van der Waals surface area contributed by atoms with E-state index in [4.69, 9.17) is 18.9 Å².